The van der Waals surface area contributed by atoms with Gasteiger partial charge in [0.05, 0.1) is 10.6 Å². The van der Waals surface area contributed by atoms with E-state index in [-0.39, 0.29) is 36.9 Å². The molecule has 1 atom stereocenters. The molecule has 1 aliphatic heterocycles. The molecule has 2 aromatic carbocycles. The quantitative estimate of drug-likeness (QED) is 0.771. The number of nitrogens with one attached hydrogen (secondary N) is 1. The lowest BCUT2D eigenvalue weighted by Crippen LogP contribution is -2.53. The Morgan fingerprint density at radius 2 is 1.71 bits per heavy atom. The lowest BCUT2D eigenvalue weighted by Gasteiger charge is -2.33. The Kier molecular flexibility index (Phi) is 8.29. The highest BCUT2D eigenvalue weighted by molar-refractivity contribution is 7.91. The minimum atomic E-state index is -3.32. The second-order valence-electron chi connectivity index (χ2n) is 6.56. The highest BCUT2D eigenvalue weighted by Crippen LogP contribution is 2.14. The number of carbonyl (C=O) groups is 1. The number of halogens is 1. The van der Waals surface area contributed by atoms with Gasteiger partial charge in [-0.1, -0.05) is 48.5 Å². The molecule has 8 heteroatoms. The van der Waals surface area contributed by atoms with Gasteiger partial charge in [0.15, 0.2) is 9.84 Å². The minimum absolute atomic E-state index is 0. The van der Waals surface area contributed by atoms with Crippen LogP contribution < -0.4 is 5.32 Å². The average molecular weight is 425 g/mol. The Bertz CT molecular complexity index is 847. The van der Waals surface area contributed by atoms with Crippen molar-refractivity contribution in [3.8, 4) is 0 Å². The number of piperazine rings is 1. The molecule has 0 radical (unpaired) electrons. The largest absolute Gasteiger partial charge is 0.445 e. The molecule has 0 unspecified atom stereocenters. The van der Waals surface area contributed by atoms with Crippen molar-refractivity contribution in [3.05, 3.63) is 66.2 Å². The molecule has 2 aromatic rings. The first-order chi connectivity index (χ1) is 13.0. The summed E-state index contributed by atoms with van der Waals surface area (Å²) in [7, 11) is -3.32. The highest BCUT2D eigenvalue weighted by atomic mass is 35.5. The van der Waals surface area contributed by atoms with E-state index in [2.05, 4.69) is 5.32 Å². The maximum atomic E-state index is 12.4. The van der Waals surface area contributed by atoms with E-state index in [0.717, 1.165) is 5.56 Å². The normalized spacial score (nSPS) is 16.9. The number of benzene rings is 2. The number of ether oxygens (including phenoxy) is 1. The summed E-state index contributed by atoms with van der Waals surface area (Å²) in [5.74, 6) is 0.0432. The fourth-order valence-corrected chi connectivity index (χ4v) is 4.44. The van der Waals surface area contributed by atoms with Crippen molar-refractivity contribution in [2.45, 2.75) is 24.0 Å². The van der Waals surface area contributed by atoms with Gasteiger partial charge in [-0.3, -0.25) is 0 Å². The Hall–Kier alpha value is -2.09. The van der Waals surface area contributed by atoms with Crippen LogP contribution in [-0.4, -0.2) is 50.8 Å². The Morgan fingerprint density at radius 3 is 2.39 bits per heavy atom. The van der Waals surface area contributed by atoms with Crippen molar-refractivity contribution in [3.63, 3.8) is 0 Å². The molecule has 1 heterocycles. The second-order valence-corrected chi connectivity index (χ2v) is 8.67. The zero-order chi connectivity index (χ0) is 19.1. The molecule has 0 aromatic heterocycles. The highest BCUT2D eigenvalue weighted by Gasteiger charge is 2.26. The molecule has 152 valence electrons. The van der Waals surface area contributed by atoms with E-state index in [1.165, 1.54) is 0 Å². The van der Waals surface area contributed by atoms with Crippen molar-refractivity contribution < 1.29 is 17.9 Å². The van der Waals surface area contributed by atoms with Gasteiger partial charge in [-0.2, -0.15) is 0 Å². The van der Waals surface area contributed by atoms with Crippen molar-refractivity contribution in [2.75, 3.05) is 25.4 Å². The zero-order valence-corrected chi connectivity index (χ0v) is 17.1. The molecule has 1 aliphatic rings. The topological polar surface area (TPSA) is 75.7 Å². The fraction of sp³-hybridized carbons (Fsp3) is 0.350. The molecule has 28 heavy (non-hydrogen) atoms. The van der Waals surface area contributed by atoms with Crippen molar-refractivity contribution in [1.29, 1.82) is 0 Å². The zero-order valence-electron chi connectivity index (χ0n) is 15.5. The molecular weight excluding hydrogens is 400 g/mol. The number of sulfone groups is 1. The van der Waals surface area contributed by atoms with E-state index in [9.17, 15) is 13.2 Å². The van der Waals surface area contributed by atoms with Crippen molar-refractivity contribution in [1.82, 2.24) is 10.2 Å². The van der Waals surface area contributed by atoms with Crippen LogP contribution >= 0.6 is 12.4 Å². The monoisotopic (exact) mass is 424 g/mol. The predicted molar refractivity (Wildman–Crippen MR) is 110 cm³/mol. The number of rotatable bonds is 6. The first kappa shape index (κ1) is 22.2. The first-order valence-electron chi connectivity index (χ1n) is 9.01. The maximum Gasteiger partial charge on any atom is 0.410 e. The Morgan fingerprint density at radius 1 is 1.07 bits per heavy atom. The number of hydrogen-bond acceptors (Lipinski definition) is 5. The van der Waals surface area contributed by atoms with Crippen LogP contribution in [-0.2, 0) is 21.2 Å². The molecule has 6 nitrogen and oxygen atoms in total. The number of amides is 1. The lowest BCUT2D eigenvalue weighted by atomic mass is 10.2. The van der Waals surface area contributed by atoms with E-state index < -0.39 is 9.84 Å². The summed E-state index contributed by atoms with van der Waals surface area (Å²) >= 11 is 0. The van der Waals surface area contributed by atoms with Gasteiger partial charge in [-0.15, -0.1) is 12.4 Å². The molecule has 3 rings (SSSR count). The van der Waals surface area contributed by atoms with E-state index in [1.54, 1.807) is 35.2 Å². The summed E-state index contributed by atoms with van der Waals surface area (Å²) in [5, 5.41) is 3.29. The van der Waals surface area contributed by atoms with Crippen molar-refractivity contribution in [2.24, 2.45) is 0 Å². The standard InChI is InChI=1S/C20H24N2O4S.ClH/c23-20(26-16-17-7-3-1-4-8-17)22-13-12-21-18(15-22)11-14-27(24,25)19-9-5-2-6-10-19;/h1-10,18,21H,11-16H2;1H/t18-;/m1./s1. The number of hydrogen-bond donors (Lipinski definition) is 1. The van der Waals surface area contributed by atoms with Crippen LogP contribution in [0.15, 0.2) is 65.6 Å². The Balaban J connectivity index is 0.00000280. The van der Waals surface area contributed by atoms with Gasteiger partial charge in [0.25, 0.3) is 0 Å². The van der Waals surface area contributed by atoms with Gasteiger partial charge < -0.3 is 15.0 Å². The van der Waals surface area contributed by atoms with Gasteiger partial charge in [-0.05, 0) is 24.1 Å². The third-order valence-corrected chi connectivity index (χ3v) is 6.32. The molecular formula is C20H25ClN2O4S. The van der Waals surface area contributed by atoms with E-state index >= 15 is 0 Å². The van der Waals surface area contributed by atoms with Crippen LogP contribution in [0.25, 0.3) is 0 Å². The van der Waals surface area contributed by atoms with E-state index in [0.29, 0.717) is 31.0 Å². The van der Waals surface area contributed by atoms with Crippen LogP contribution in [0.3, 0.4) is 0 Å². The third-order valence-electron chi connectivity index (χ3n) is 4.56. The molecule has 0 saturated carbocycles. The van der Waals surface area contributed by atoms with Crippen LogP contribution in [0.5, 0.6) is 0 Å². The summed E-state index contributed by atoms with van der Waals surface area (Å²) in [6.45, 7) is 1.85. The van der Waals surface area contributed by atoms with Crippen LogP contribution in [0.2, 0.25) is 0 Å². The summed E-state index contributed by atoms with van der Waals surface area (Å²) in [4.78, 5) is 14.3. The number of nitrogens with zero attached hydrogens (tertiary/aromatic N) is 1. The maximum absolute atomic E-state index is 12.4. The second kappa shape index (κ2) is 10.5. The summed E-state index contributed by atoms with van der Waals surface area (Å²) in [6.07, 6.45) is 0.0796. The predicted octanol–water partition coefficient (Wildman–Crippen LogP) is 2.88. The molecule has 0 bridgehead atoms. The molecule has 1 fully saturated rings. The summed E-state index contributed by atoms with van der Waals surface area (Å²) < 4.78 is 30.2. The first-order valence-corrected chi connectivity index (χ1v) is 10.7. The van der Waals surface area contributed by atoms with Gasteiger partial charge in [0.1, 0.15) is 6.61 Å². The van der Waals surface area contributed by atoms with Gasteiger partial charge in [-0.25, -0.2) is 13.2 Å². The van der Waals surface area contributed by atoms with E-state index in [4.69, 9.17) is 4.74 Å². The van der Waals surface area contributed by atoms with Gasteiger partial charge in [0, 0.05) is 25.7 Å². The smallest absolute Gasteiger partial charge is 0.410 e. The average Bonchev–Trinajstić information content (AvgIpc) is 2.72. The van der Waals surface area contributed by atoms with Crippen LogP contribution in [0, 0.1) is 0 Å². The molecule has 1 amide bonds. The van der Waals surface area contributed by atoms with Crippen LogP contribution in [0.1, 0.15) is 12.0 Å². The van der Waals surface area contributed by atoms with Crippen LogP contribution in [0.4, 0.5) is 4.79 Å². The number of carbonyl (C=O) groups excluding carboxylic acids is 1. The molecule has 1 N–H and O–H groups in total. The Labute approximate surface area is 172 Å². The lowest BCUT2D eigenvalue weighted by molar-refractivity contribution is 0.0847. The summed E-state index contributed by atoms with van der Waals surface area (Å²) in [6, 6.07) is 17.9. The SMILES string of the molecule is Cl.O=C(OCc1ccccc1)N1CCN[C@H](CCS(=O)(=O)c2ccccc2)C1. The molecule has 0 aliphatic carbocycles. The summed E-state index contributed by atoms with van der Waals surface area (Å²) in [5.41, 5.74) is 0.937. The molecule has 0 spiro atoms. The van der Waals surface area contributed by atoms with E-state index in [1.807, 2.05) is 30.3 Å². The van der Waals surface area contributed by atoms with Crippen molar-refractivity contribution >= 4 is 28.3 Å². The van der Waals surface area contributed by atoms with Gasteiger partial charge >= 0.3 is 6.09 Å². The van der Waals surface area contributed by atoms with Gasteiger partial charge in [0.2, 0.25) is 0 Å². The molecule has 1 saturated heterocycles. The fourth-order valence-electron chi connectivity index (χ4n) is 3.04. The third kappa shape index (κ3) is 6.22. The minimum Gasteiger partial charge on any atom is -0.445 e.